The Bertz CT molecular complexity index is 1260. The molecule has 0 unspecified atom stereocenters. The number of ether oxygens (including phenoxy) is 1. The molecular formula is C23H18FN3O3. The van der Waals surface area contributed by atoms with Gasteiger partial charge < -0.3 is 20.2 Å². The average Bonchev–Trinajstić information content (AvgIpc) is 3.05. The van der Waals surface area contributed by atoms with Crippen LogP contribution in [-0.4, -0.2) is 23.2 Å². The lowest BCUT2D eigenvalue weighted by atomic mass is 10.1. The summed E-state index contributed by atoms with van der Waals surface area (Å²) in [5.74, 6) is -0.718. The van der Waals surface area contributed by atoms with Crippen molar-refractivity contribution in [3.05, 3.63) is 95.6 Å². The molecule has 6 nitrogen and oxygen atoms in total. The number of nitrogens with two attached hydrogens (primary N) is 1. The minimum atomic E-state index is -0.532. The van der Waals surface area contributed by atoms with Crippen molar-refractivity contribution in [2.45, 2.75) is 0 Å². The molecule has 1 amide bonds. The van der Waals surface area contributed by atoms with Gasteiger partial charge in [-0.2, -0.15) is 0 Å². The smallest absolute Gasteiger partial charge is 0.259 e. The number of anilines is 2. The van der Waals surface area contributed by atoms with Gasteiger partial charge in [0.2, 0.25) is 5.78 Å². The van der Waals surface area contributed by atoms with Crippen LogP contribution in [0.1, 0.15) is 26.4 Å². The topological polar surface area (TPSA) is 85.8 Å². The number of carbonyl (C=O) groups excluding carboxylic acids is 2. The van der Waals surface area contributed by atoms with Crippen molar-refractivity contribution in [1.82, 2.24) is 4.40 Å². The molecule has 0 radical (unpaired) electrons. The van der Waals surface area contributed by atoms with Gasteiger partial charge in [-0.05, 0) is 54.6 Å². The maximum Gasteiger partial charge on any atom is 0.259 e. The van der Waals surface area contributed by atoms with Gasteiger partial charge in [0.05, 0.1) is 23.9 Å². The molecule has 0 aliphatic carbocycles. The summed E-state index contributed by atoms with van der Waals surface area (Å²) < 4.78 is 20.2. The number of benzene rings is 2. The zero-order valence-electron chi connectivity index (χ0n) is 16.1. The van der Waals surface area contributed by atoms with Crippen molar-refractivity contribution >= 4 is 28.6 Å². The maximum absolute atomic E-state index is 13.5. The molecule has 4 aromatic rings. The molecule has 3 N–H and O–H groups in total. The van der Waals surface area contributed by atoms with Crippen molar-refractivity contribution in [2.75, 3.05) is 18.2 Å². The van der Waals surface area contributed by atoms with Crippen molar-refractivity contribution in [3.63, 3.8) is 0 Å². The van der Waals surface area contributed by atoms with Gasteiger partial charge in [-0.1, -0.05) is 12.1 Å². The molecule has 0 aliphatic rings. The second-order valence-corrected chi connectivity index (χ2v) is 6.62. The highest BCUT2D eigenvalue weighted by Crippen LogP contribution is 2.29. The molecule has 2 heterocycles. The molecule has 0 atom stereocenters. The summed E-state index contributed by atoms with van der Waals surface area (Å²) in [6.45, 7) is 0. The summed E-state index contributed by atoms with van der Waals surface area (Å²) in [6, 6.07) is 17.4. The third-order valence-electron chi connectivity index (χ3n) is 4.76. The fourth-order valence-electron chi connectivity index (χ4n) is 3.34. The van der Waals surface area contributed by atoms with E-state index < -0.39 is 11.7 Å². The third-order valence-corrected chi connectivity index (χ3v) is 4.76. The Morgan fingerprint density at radius 2 is 1.80 bits per heavy atom. The predicted octanol–water partition coefficient (Wildman–Crippen LogP) is 4.15. The lowest BCUT2D eigenvalue weighted by molar-refractivity contribution is 0.102. The van der Waals surface area contributed by atoms with Crippen LogP contribution in [0.3, 0.4) is 0 Å². The molecule has 7 heteroatoms. The lowest BCUT2D eigenvalue weighted by Crippen LogP contribution is -2.14. The van der Waals surface area contributed by atoms with Gasteiger partial charge in [-0.3, -0.25) is 9.59 Å². The van der Waals surface area contributed by atoms with E-state index in [-0.39, 0.29) is 28.4 Å². The van der Waals surface area contributed by atoms with Crippen LogP contribution in [-0.2, 0) is 0 Å². The number of pyridine rings is 1. The quantitative estimate of drug-likeness (QED) is 0.490. The predicted molar refractivity (Wildman–Crippen MR) is 113 cm³/mol. The first-order valence-corrected chi connectivity index (χ1v) is 9.14. The van der Waals surface area contributed by atoms with E-state index in [1.54, 1.807) is 66.2 Å². The monoisotopic (exact) mass is 403 g/mol. The minimum Gasteiger partial charge on any atom is -0.497 e. The Balaban J connectivity index is 1.79. The van der Waals surface area contributed by atoms with Crippen LogP contribution in [0.25, 0.3) is 5.52 Å². The highest BCUT2D eigenvalue weighted by Gasteiger charge is 2.26. The molecule has 0 saturated heterocycles. The summed E-state index contributed by atoms with van der Waals surface area (Å²) in [5, 5.41) is 2.64. The van der Waals surface area contributed by atoms with E-state index >= 15 is 0 Å². The van der Waals surface area contributed by atoms with Crippen LogP contribution in [0.2, 0.25) is 0 Å². The van der Waals surface area contributed by atoms with Gasteiger partial charge in [0.1, 0.15) is 17.3 Å². The molecule has 2 aromatic heterocycles. The highest BCUT2D eigenvalue weighted by atomic mass is 19.1. The van der Waals surface area contributed by atoms with Crippen LogP contribution in [0.15, 0.2) is 72.9 Å². The number of nitrogen functional groups attached to an aromatic ring is 1. The van der Waals surface area contributed by atoms with Crippen LogP contribution < -0.4 is 15.8 Å². The third kappa shape index (κ3) is 3.37. The number of methoxy groups -OCH3 is 1. The molecule has 0 aliphatic heterocycles. The number of carbonyl (C=O) groups is 2. The SMILES string of the molecule is COc1ccc(C(=O)c2c(N)c(C(=O)Nc3cccc(F)c3)c3ccccn23)cc1. The molecule has 0 fully saturated rings. The van der Waals surface area contributed by atoms with E-state index in [0.29, 0.717) is 16.8 Å². The standard InChI is InChI=1S/C23H18FN3O3/c1-30-17-10-8-14(9-11-17)22(28)21-20(25)19(18-7-2-3-12-27(18)21)23(29)26-16-6-4-5-15(24)13-16/h2-13H,25H2,1H3,(H,26,29). The zero-order chi connectivity index (χ0) is 21.3. The molecule has 2 aromatic carbocycles. The second kappa shape index (κ2) is 7.71. The Kier molecular flexibility index (Phi) is 4.93. The highest BCUT2D eigenvalue weighted by molar-refractivity contribution is 6.20. The molecular weight excluding hydrogens is 385 g/mol. The van der Waals surface area contributed by atoms with Gasteiger partial charge in [0.15, 0.2) is 0 Å². The number of fused-ring (bicyclic) bond motifs is 1. The van der Waals surface area contributed by atoms with Crippen molar-refractivity contribution in [2.24, 2.45) is 0 Å². The van der Waals surface area contributed by atoms with E-state index in [2.05, 4.69) is 5.32 Å². The Morgan fingerprint density at radius 3 is 2.50 bits per heavy atom. The van der Waals surface area contributed by atoms with Crippen molar-refractivity contribution in [3.8, 4) is 5.75 Å². The number of nitrogens with zero attached hydrogens (tertiary/aromatic N) is 1. The first-order valence-electron chi connectivity index (χ1n) is 9.14. The van der Waals surface area contributed by atoms with E-state index in [0.717, 1.165) is 0 Å². The van der Waals surface area contributed by atoms with E-state index in [4.69, 9.17) is 10.5 Å². The Morgan fingerprint density at radius 1 is 1.03 bits per heavy atom. The van der Waals surface area contributed by atoms with Crippen LogP contribution in [0.5, 0.6) is 5.75 Å². The van der Waals surface area contributed by atoms with E-state index in [1.807, 2.05) is 0 Å². The van der Waals surface area contributed by atoms with Gasteiger partial charge in [-0.15, -0.1) is 0 Å². The van der Waals surface area contributed by atoms with Gasteiger partial charge in [0.25, 0.3) is 5.91 Å². The number of ketones is 1. The van der Waals surface area contributed by atoms with Crippen LogP contribution in [0.4, 0.5) is 15.8 Å². The molecule has 0 spiro atoms. The maximum atomic E-state index is 13.5. The van der Waals surface area contributed by atoms with E-state index in [1.165, 1.54) is 18.2 Å². The zero-order valence-corrected chi connectivity index (χ0v) is 16.1. The van der Waals surface area contributed by atoms with Gasteiger partial charge in [-0.25, -0.2) is 4.39 Å². The summed E-state index contributed by atoms with van der Waals surface area (Å²) in [6.07, 6.45) is 1.67. The fraction of sp³-hybridized carbons (Fsp3) is 0.0435. The lowest BCUT2D eigenvalue weighted by Gasteiger charge is -2.06. The molecule has 0 saturated carbocycles. The summed E-state index contributed by atoms with van der Waals surface area (Å²) in [7, 11) is 1.54. The number of hydrogen-bond acceptors (Lipinski definition) is 4. The van der Waals surface area contributed by atoms with E-state index in [9.17, 15) is 14.0 Å². The number of rotatable bonds is 5. The Hall–Kier alpha value is -4.13. The summed E-state index contributed by atoms with van der Waals surface area (Å²) in [5.41, 5.74) is 7.84. The largest absolute Gasteiger partial charge is 0.497 e. The molecule has 0 bridgehead atoms. The second-order valence-electron chi connectivity index (χ2n) is 6.62. The fourth-order valence-corrected chi connectivity index (χ4v) is 3.34. The van der Waals surface area contributed by atoms with Crippen molar-refractivity contribution in [1.29, 1.82) is 0 Å². The Labute approximate surface area is 171 Å². The van der Waals surface area contributed by atoms with Crippen molar-refractivity contribution < 1.29 is 18.7 Å². The number of halogens is 1. The van der Waals surface area contributed by atoms with Crippen LogP contribution >= 0.6 is 0 Å². The molecule has 4 rings (SSSR count). The minimum absolute atomic E-state index is 0.0518. The number of amides is 1. The number of aromatic nitrogens is 1. The van der Waals surface area contributed by atoms with Gasteiger partial charge in [0, 0.05) is 17.4 Å². The van der Waals surface area contributed by atoms with Gasteiger partial charge >= 0.3 is 0 Å². The number of hydrogen-bond donors (Lipinski definition) is 2. The number of nitrogens with one attached hydrogen (secondary N) is 1. The average molecular weight is 403 g/mol. The summed E-state index contributed by atoms with van der Waals surface area (Å²) in [4.78, 5) is 26.2. The van der Waals surface area contributed by atoms with Crippen LogP contribution in [0, 0.1) is 5.82 Å². The normalized spacial score (nSPS) is 10.7. The first kappa shape index (κ1) is 19.2. The first-order chi connectivity index (χ1) is 14.5. The molecule has 30 heavy (non-hydrogen) atoms. The summed E-state index contributed by atoms with van der Waals surface area (Å²) >= 11 is 0. The molecule has 150 valence electrons.